The third-order valence-electron chi connectivity index (χ3n) is 4.34. The number of benzene rings is 2. The van der Waals surface area contributed by atoms with Crippen molar-refractivity contribution in [3.8, 4) is 16.9 Å². The number of pyridine rings is 1. The van der Waals surface area contributed by atoms with Crippen molar-refractivity contribution in [2.24, 2.45) is 0 Å². The van der Waals surface area contributed by atoms with E-state index in [4.69, 9.17) is 4.74 Å². The summed E-state index contributed by atoms with van der Waals surface area (Å²) in [5.74, 6) is 1.55. The minimum atomic E-state index is -0.235. The highest BCUT2D eigenvalue weighted by Gasteiger charge is 2.20. The Bertz CT molecular complexity index is 878. The van der Waals surface area contributed by atoms with Crippen molar-refractivity contribution >= 4 is 11.5 Å². The number of hydrogen-bond donors (Lipinski definition) is 1. The van der Waals surface area contributed by atoms with Crippen LogP contribution in [0.15, 0.2) is 60.8 Å². The lowest BCUT2D eigenvalue weighted by Crippen LogP contribution is -2.22. The maximum absolute atomic E-state index is 13.1. The van der Waals surface area contributed by atoms with Gasteiger partial charge in [-0.3, -0.25) is 0 Å². The number of methoxy groups -OCH3 is 1. The van der Waals surface area contributed by atoms with E-state index in [0.29, 0.717) is 6.67 Å². The number of ether oxygens (including phenoxy) is 1. The van der Waals surface area contributed by atoms with Crippen molar-refractivity contribution in [1.82, 2.24) is 4.98 Å². The van der Waals surface area contributed by atoms with Crippen LogP contribution < -0.4 is 15.0 Å². The molecule has 0 spiro atoms. The zero-order valence-corrected chi connectivity index (χ0v) is 13.9. The molecule has 2 heterocycles. The van der Waals surface area contributed by atoms with Crippen molar-refractivity contribution < 1.29 is 9.13 Å². The molecule has 0 bridgehead atoms. The second kappa shape index (κ2) is 6.43. The Morgan fingerprint density at radius 2 is 1.84 bits per heavy atom. The fourth-order valence-electron chi connectivity index (χ4n) is 2.98. The molecule has 1 N–H and O–H groups in total. The smallest absolute Gasteiger partial charge is 0.153 e. The van der Waals surface area contributed by atoms with Gasteiger partial charge in [0.15, 0.2) is 5.82 Å². The first-order chi connectivity index (χ1) is 12.2. The van der Waals surface area contributed by atoms with Crippen LogP contribution in [0, 0.1) is 5.82 Å². The highest BCUT2D eigenvalue weighted by Crippen LogP contribution is 2.33. The van der Waals surface area contributed by atoms with E-state index in [1.165, 1.54) is 17.7 Å². The monoisotopic (exact) mass is 335 g/mol. The van der Waals surface area contributed by atoms with Crippen LogP contribution in [-0.2, 0) is 6.54 Å². The van der Waals surface area contributed by atoms with Crippen LogP contribution in [0.5, 0.6) is 5.75 Å². The molecule has 0 atom stereocenters. The molecule has 2 aromatic carbocycles. The Hall–Kier alpha value is -3.08. The van der Waals surface area contributed by atoms with Crippen molar-refractivity contribution in [3.63, 3.8) is 0 Å². The molecule has 5 heteroatoms. The molecule has 25 heavy (non-hydrogen) atoms. The number of hydrogen-bond acceptors (Lipinski definition) is 4. The average molecular weight is 335 g/mol. The SMILES string of the molecule is COc1ccc(CN2CNc3cc(-c4ccc(F)cc4)cnc32)cc1. The first kappa shape index (κ1) is 15.4. The zero-order chi connectivity index (χ0) is 17.2. The normalized spacial score (nSPS) is 12.6. The van der Waals surface area contributed by atoms with Crippen LogP contribution in [0.3, 0.4) is 0 Å². The van der Waals surface area contributed by atoms with Crippen molar-refractivity contribution in [1.29, 1.82) is 0 Å². The van der Waals surface area contributed by atoms with Gasteiger partial charge in [-0.05, 0) is 41.5 Å². The van der Waals surface area contributed by atoms with Gasteiger partial charge in [0, 0.05) is 18.3 Å². The van der Waals surface area contributed by atoms with Gasteiger partial charge in [0.1, 0.15) is 11.6 Å². The third kappa shape index (κ3) is 3.13. The number of rotatable bonds is 4. The van der Waals surface area contributed by atoms with Crippen LogP contribution in [-0.4, -0.2) is 18.8 Å². The number of aromatic nitrogens is 1. The summed E-state index contributed by atoms with van der Waals surface area (Å²) in [5.41, 5.74) is 4.11. The second-order valence-corrected chi connectivity index (χ2v) is 5.98. The summed E-state index contributed by atoms with van der Waals surface area (Å²) in [6, 6.07) is 16.6. The fraction of sp³-hybridized carbons (Fsp3) is 0.150. The molecular formula is C20H18FN3O. The summed E-state index contributed by atoms with van der Waals surface area (Å²) in [7, 11) is 1.66. The number of nitrogens with zero attached hydrogens (tertiary/aromatic N) is 2. The van der Waals surface area contributed by atoms with E-state index in [-0.39, 0.29) is 5.82 Å². The second-order valence-electron chi connectivity index (χ2n) is 5.98. The first-order valence-electron chi connectivity index (χ1n) is 8.11. The van der Waals surface area contributed by atoms with Crippen LogP contribution in [0.4, 0.5) is 15.9 Å². The van der Waals surface area contributed by atoms with Gasteiger partial charge in [-0.25, -0.2) is 9.37 Å². The van der Waals surface area contributed by atoms with Crippen molar-refractivity contribution in [2.75, 3.05) is 24.0 Å². The average Bonchev–Trinajstić information content (AvgIpc) is 3.05. The maximum Gasteiger partial charge on any atom is 0.153 e. The molecule has 126 valence electrons. The lowest BCUT2D eigenvalue weighted by atomic mass is 10.1. The Morgan fingerprint density at radius 3 is 2.56 bits per heavy atom. The minimum Gasteiger partial charge on any atom is -0.497 e. The summed E-state index contributed by atoms with van der Waals surface area (Å²) in [6.07, 6.45) is 1.83. The minimum absolute atomic E-state index is 0.235. The largest absolute Gasteiger partial charge is 0.497 e. The van der Waals surface area contributed by atoms with E-state index in [2.05, 4.69) is 33.4 Å². The molecule has 4 rings (SSSR count). The number of anilines is 2. The van der Waals surface area contributed by atoms with E-state index in [1.807, 2.05) is 18.3 Å². The molecule has 0 unspecified atom stereocenters. The molecule has 0 fully saturated rings. The summed E-state index contributed by atoms with van der Waals surface area (Å²) < 4.78 is 18.3. The van der Waals surface area contributed by atoms with Gasteiger partial charge in [0.25, 0.3) is 0 Å². The molecule has 4 nitrogen and oxygen atoms in total. The topological polar surface area (TPSA) is 37.4 Å². The van der Waals surface area contributed by atoms with E-state index >= 15 is 0 Å². The lowest BCUT2D eigenvalue weighted by Gasteiger charge is -2.17. The summed E-state index contributed by atoms with van der Waals surface area (Å²) in [4.78, 5) is 6.80. The van der Waals surface area contributed by atoms with Crippen molar-refractivity contribution in [3.05, 3.63) is 72.2 Å². The molecule has 0 saturated carbocycles. The van der Waals surface area contributed by atoms with Gasteiger partial charge < -0.3 is 15.0 Å². The van der Waals surface area contributed by atoms with Crippen LogP contribution >= 0.6 is 0 Å². The van der Waals surface area contributed by atoms with Gasteiger partial charge in [-0.15, -0.1) is 0 Å². The molecule has 0 saturated heterocycles. The Kier molecular flexibility index (Phi) is 3.98. The van der Waals surface area contributed by atoms with Crippen molar-refractivity contribution in [2.45, 2.75) is 6.54 Å². The standard InChI is InChI=1S/C20H18FN3O/c1-25-18-8-2-14(3-9-18)12-24-13-23-19-10-16(11-22-20(19)24)15-4-6-17(21)7-5-15/h2-11,23H,12-13H2,1H3. The molecular weight excluding hydrogens is 317 g/mol. The fourth-order valence-corrected chi connectivity index (χ4v) is 2.98. The zero-order valence-electron chi connectivity index (χ0n) is 13.9. The number of fused-ring (bicyclic) bond motifs is 1. The maximum atomic E-state index is 13.1. The molecule has 1 aliphatic rings. The summed E-state index contributed by atoms with van der Waals surface area (Å²) >= 11 is 0. The Balaban J connectivity index is 1.55. The van der Waals surface area contributed by atoms with Gasteiger partial charge in [0.2, 0.25) is 0 Å². The molecule has 0 aliphatic carbocycles. The highest BCUT2D eigenvalue weighted by molar-refractivity contribution is 5.77. The van der Waals surface area contributed by atoms with Gasteiger partial charge in [-0.2, -0.15) is 0 Å². The van der Waals surface area contributed by atoms with Crippen LogP contribution in [0.2, 0.25) is 0 Å². The highest BCUT2D eigenvalue weighted by atomic mass is 19.1. The Labute approximate surface area is 145 Å². The predicted octanol–water partition coefficient (Wildman–Crippen LogP) is 4.29. The van der Waals surface area contributed by atoms with Gasteiger partial charge >= 0.3 is 0 Å². The van der Waals surface area contributed by atoms with Gasteiger partial charge in [-0.1, -0.05) is 24.3 Å². The molecule has 1 aliphatic heterocycles. The molecule has 3 aromatic rings. The lowest BCUT2D eigenvalue weighted by molar-refractivity contribution is 0.414. The molecule has 1 aromatic heterocycles. The summed E-state index contributed by atoms with van der Waals surface area (Å²) in [5, 5.41) is 3.38. The summed E-state index contributed by atoms with van der Waals surface area (Å²) in [6.45, 7) is 1.48. The number of nitrogens with one attached hydrogen (secondary N) is 1. The third-order valence-corrected chi connectivity index (χ3v) is 4.34. The van der Waals surface area contributed by atoms with E-state index in [9.17, 15) is 4.39 Å². The predicted molar refractivity (Wildman–Crippen MR) is 97.3 cm³/mol. The number of halogens is 1. The molecule has 0 amide bonds. The van der Waals surface area contributed by atoms with Gasteiger partial charge in [0.05, 0.1) is 19.5 Å². The van der Waals surface area contributed by atoms with E-state index in [1.54, 1.807) is 19.2 Å². The first-order valence-corrected chi connectivity index (χ1v) is 8.11. The quantitative estimate of drug-likeness (QED) is 0.772. The van der Waals surface area contributed by atoms with E-state index in [0.717, 1.165) is 34.9 Å². The Morgan fingerprint density at radius 1 is 1.08 bits per heavy atom. The van der Waals surface area contributed by atoms with Crippen LogP contribution in [0.1, 0.15) is 5.56 Å². The van der Waals surface area contributed by atoms with Crippen LogP contribution in [0.25, 0.3) is 11.1 Å². The molecule has 0 radical (unpaired) electrons. The van der Waals surface area contributed by atoms with E-state index < -0.39 is 0 Å².